The minimum atomic E-state index is -3.99. The highest BCUT2D eigenvalue weighted by molar-refractivity contribution is 9.11. The Balaban J connectivity index is 2.29. The van der Waals surface area contributed by atoms with Crippen LogP contribution in [0.15, 0.2) is 39.0 Å². The molecule has 0 saturated heterocycles. The van der Waals surface area contributed by atoms with Crippen molar-refractivity contribution >= 4 is 37.3 Å². The predicted octanol–water partition coefficient (Wildman–Crippen LogP) is 3.61. The number of benzene rings is 1. The molecule has 0 atom stereocenters. The van der Waals surface area contributed by atoms with Crippen LogP contribution in [-0.2, 0) is 16.6 Å². The number of halogens is 3. The van der Waals surface area contributed by atoms with E-state index >= 15 is 0 Å². The van der Waals surface area contributed by atoms with E-state index in [4.69, 9.17) is 0 Å². The van der Waals surface area contributed by atoms with Crippen molar-refractivity contribution < 1.29 is 17.2 Å². The molecule has 0 N–H and O–H groups in total. The third kappa shape index (κ3) is 3.25. The van der Waals surface area contributed by atoms with Gasteiger partial charge in [0.2, 0.25) is 10.0 Å². The lowest BCUT2D eigenvalue weighted by Gasteiger charge is -2.16. The Bertz CT molecular complexity index is 731. The minimum Gasteiger partial charge on any atom is -0.207 e. The molecule has 8 heteroatoms. The maximum atomic E-state index is 13.6. The van der Waals surface area contributed by atoms with Crippen molar-refractivity contribution in [3.8, 4) is 0 Å². The summed E-state index contributed by atoms with van der Waals surface area (Å²) in [6.07, 6.45) is 0. The van der Waals surface area contributed by atoms with Crippen LogP contribution >= 0.6 is 27.3 Å². The molecule has 0 spiro atoms. The van der Waals surface area contributed by atoms with Crippen LogP contribution in [-0.4, -0.2) is 19.8 Å². The Kier molecular flexibility index (Phi) is 4.58. The summed E-state index contributed by atoms with van der Waals surface area (Å²) < 4.78 is 52.8. The van der Waals surface area contributed by atoms with Gasteiger partial charge in [0.25, 0.3) is 0 Å². The van der Waals surface area contributed by atoms with Gasteiger partial charge in [-0.1, -0.05) is 0 Å². The number of nitrogens with zero attached hydrogens (tertiary/aromatic N) is 1. The second-order valence-corrected chi connectivity index (χ2v) is 8.60. The Morgan fingerprint density at radius 2 is 1.95 bits per heavy atom. The monoisotopic (exact) mass is 381 g/mol. The number of rotatable bonds is 4. The molecule has 0 aliphatic carbocycles. The highest BCUT2D eigenvalue weighted by Crippen LogP contribution is 2.26. The molecular formula is C12H10BrF2NO2S2. The van der Waals surface area contributed by atoms with Gasteiger partial charge in [0.1, 0.15) is 16.5 Å². The average molecular weight is 382 g/mol. The van der Waals surface area contributed by atoms with Gasteiger partial charge in [-0.3, -0.25) is 0 Å². The zero-order valence-electron chi connectivity index (χ0n) is 10.3. The molecule has 2 aromatic rings. The van der Waals surface area contributed by atoms with Crippen LogP contribution in [0.1, 0.15) is 4.88 Å². The van der Waals surface area contributed by atoms with Crippen LogP contribution in [0.25, 0.3) is 0 Å². The molecule has 0 radical (unpaired) electrons. The molecule has 0 bridgehead atoms. The lowest BCUT2D eigenvalue weighted by Crippen LogP contribution is -2.27. The van der Waals surface area contributed by atoms with E-state index in [9.17, 15) is 17.2 Å². The fourth-order valence-corrected chi connectivity index (χ4v) is 4.40. The van der Waals surface area contributed by atoms with Gasteiger partial charge in [0, 0.05) is 24.5 Å². The molecule has 0 saturated carbocycles. The van der Waals surface area contributed by atoms with E-state index in [1.54, 1.807) is 12.1 Å². The van der Waals surface area contributed by atoms with Gasteiger partial charge < -0.3 is 0 Å². The molecule has 108 valence electrons. The number of hydrogen-bond donors (Lipinski definition) is 0. The minimum absolute atomic E-state index is 0.120. The van der Waals surface area contributed by atoms with Gasteiger partial charge in [0.05, 0.1) is 3.79 Å². The Hall–Kier alpha value is -0.830. The van der Waals surface area contributed by atoms with Gasteiger partial charge in [0.15, 0.2) is 0 Å². The van der Waals surface area contributed by atoms with Crippen LogP contribution < -0.4 is 0 Å². The number of thiophene rings is 1. The smallest absolute Gasteiger partial charge is 0.207 e. The van der Waals surface area contributed by atoms with E-state index in [0.717, 1.165) is 25.1 Å². The number of hydrogen-bond acceptors (Lipinski definition) is 3. The van der Waals surface area contributed by atoms with Crippen molar-refractivity contribution in [1.29, 1.82) is 0 Å². The molecule has 1 aromatic carbocycles. The second-order valence-electron chi connectivity index (χ2n) is 4.04. The van der Waals surface area contributed by atoms with Gasteiger partial charge in [-0.25, -0.2) is 17.2 Å². The number of sulfonamides is 1. The Labute approximate surface area is 128 Å². The zero-order chi connectivity index (χ0) is 14.9. The van der Waals surface area contributed by atoms with Gasteiger partial charge in [-0.15, -0.1) is 11.3 Å². The summed E-state index contributed by atoms with van der Waals surface area (Å²) in [4.78, 5) is 0.280. The van der Waals surface area contributed by atoms with Crippen LogP contribution in [0.3, 0.4) is 0 Å². The summed E-state index contributed by atoms with van der Waals surface area (Å²) in [6, 6.07) is 6.00. The largest absolute Gasteiger partial charge is 0.246 e. The van der Waals surface area contributed by atoms with Crippen LogP contribution in [0.5, 0.6) is 0 Å². The summed E-state index contributed by atoms with van der Waals surface area (Å²) in [7, 11) is -2.64. The highest BCUT2D eigenvalue weighted by atomic mass is 79.9. The summed E-state index contributed by atoms with van der Waals surface area (Å²) >= 11 is 4.68. The fraction of sp³-hybridized carbons (Fsp3) is 0.167. The van der Waals surface area contributed by atoms with Crippen molar-refractivity contribution in [3.05, 3.63) is 50.6 Å². The molecule has 0 fully saturated rings. The van der Waals surface area contributed by atoms with E-state index in [-0.39, 0.29) is 6.54 Å². The molecule has 0 unspecified atom stereocenters. The first-order valence-electron chi connectivity index (χ1n) is 5.46. The van der Waals surface area contributed by atoms with Crippen molar-refractivity contribution in [1.82, 2.24) is 4.31 Å². The predicted molar refractivity (Wildman–Crippen MR) is 77.0 cm³/mol. The van der Waals surface area contributed by atoms with Crippen molar-refractivity contribution in [2.45, 2.75) is 11.4 Å². The maximum absolute atomic E-state index is 13.6. The molecule has 0 amide bonds. The Morgan fingerprint density at radius 1 is 1.25 bits per heavy atom. The lowest BCUT2D eigenvalue weighted by molar-refractivity contribution is 0.461. The van der Waals surface area contributed by atoms with E-state index in [1.807, 2.05) is 0 Å². The van der Waals surface area contributed by atoms with Gasteiger partial charge in [-0.2, -0.15) is 4.31 Å². The quantitative estimate of drug-likeness (QED) is 0.810. The van der Waals surface area contributed by atoms with Crippen LogP contribution in [0.4, 0.5) is 8.78 Å². The first kappa shape index (κ1) is 15.6. The van der Waals surface area contributed by atoms with E-state index in [2.05, 4.69) is 15.9 Å². The summed E-state index contributed by atoms with van der Waals surface area (Å²) in [5.74, 6) is -1.91. The molecule has 0 aliphatic rings. The van der Waals surface area contributed by atoms with E-state index in [0.29, 0.717) is 6.07 Å². The SMILES string of the molecule is CN(Cc1ccc(Br)s1)S(=O)(=O)c1ccc(F)cc1F. The summed E-state index contributed by atoms with van der Waals surface area (Å²) in [5.41, 5.74) is 0. The van der Waals surface area contributed by atoms with Crippen LogP contribution in [0, 0.1) is 11.6 Å². The molecule has 1 heterocycles. The lowest BCUT2D eigenvalue weighted by atomic mass is 10.3. The normalized spacial score (nSPS) is 12.1. The first-order valence-corrected chi connectivity index (χ1v) is 8.51. The van der Waals surface area contributed by atoms with Crippen molar-refractivity contribution in [3.63, 3.8) is 0 Å². The molecule has 1 aromatic heterocycles. The van der Waals surface area contributed by atoms with Gasteiger partial charge >= 0.3 is 0 Å². The summed E-state index contributed by atoms with van der Waals surface area (Å²) in [6.45, 7) is 0.120. The third-order valence-electron chi connectivity index (χ3n) is 2.59. The molecule has 3 nitrogen and oxygen atoms in total. The first-order chi connectivity index (χ1) is 9.30. The van der Waals surface area contributed by atoms with Crippen LogP contribution in [0.2, 0.25) is 0 Å². The van der Waals surface area contributed by atoms with E-state index in [1.165, 1.54) is 18.4 Å². The third-order valence-corrected chi connectivity index (χ3v) is 6.03. The standard InChI is InChI=1S/C12H10BrF2NO2S2/c1-16(7-9-3-5-12(13)19-9)20(17,18)11-4-2-8(14)6-10(11)15/h2-6H,7H2,1H3. The average Bonchev–Trinajstić information content (AvgIpc) is 2.74. The summed E-state index contributed by atoms with van der Waals surface area (Å²) in [5, 5.41) is 0. The molecule has 20 heavy (non-hydrogen) atoms. The molecule has 0 aliphatic heterocycles. The zero-order valence-corrected chi connectivity index (χ0v) is 13.5. The molecular weight excluding hydrogens is 372 g/mol. The topological polar surface area (TPSA) is 37.4 Å². The fourth-order valence-electron chi connectivity index (χ4n) is 1.59. The van der Waals surface area contributed by atoms with Crippen molar-refractivity contribution in [2.24, 2.45) is 0 Å². The highest BCUT2D eigenvalue weighted by Gasteiger charge is 2.25. The van der Waals surface area contributed by atoms with Crippen molar-refractivity contribution in [2.75, 3.05) is 7.05 Å². The van der Waals surface area contributed by atoms with Gasteiger partial charge in [-0.05, 0) is 40.2 Å². The second kappa shape index (κ2) is 5.88. The maximum Gasteiger partial charge on any atom is 0.246 e. The van der Waals surface area contributed by atoms with E-state index < -0.39 is 26.6 Å². The Morgan fingerprint density at radius 3 is 2.50 bits per heavy atom. The molecule has 2 rings (SSSR count).